The third-order valence-electron chi connectivity index (χ3n) is 3.97. The maximum atomic E-state index is 12.3. The highest BCUT2D eigenvalue weighted by molar-refractivity contribution is 7.17. The van der Waals surface area contributed by atoms with Gasteiger partial charge >= 0.3 is 6.01 Å². The molecular weight excluding hydrogens is 312 g/mol. The summed E-state index contributed by atoms with van der Waals surface area (Å²) in [7, 11) is 0. The lowest BCUT2D eigenvalue weighted by Gasteiger charge is -2.23. The second kappa shape index (κ2) is 5.62. The van der Waals surface area contributed by atoms with Crippen LogP contribution in [0.3, 0.4) is 0 Å². The van der Waals surface area contributed by atoms with Gasteiger partial charge in [-0.15, -0.1) is 11.3 Å². The second-order valence-electron chi connectivity index (χ2n) is 5.48. The Balaban J connectivity index is 1.89. The van der Waals surface area contributed by atoms with Crippen LogP contribution in [0.4, 0.5) is 6.01 Å². The minimum absolute atomic E-state index is 0.0391. The maximum Gasteiger partial charge on any atom is 0.308 e. The smallest absolute Gasteiger partial charge is 0.308 e. The number of piperidine rings is 1. The third kappa shape index (κ3) is 2.45. The summed E-state index contributed by atoms with van der Waals surface area (Å²) in [6, 6.07) is 9.86. The van der Waals surface area contributed by atoms with Gasteiger partial charge in [-0.3, -0.25) is 14.5 Å². The van der Waals surface area contributed by atoms with E-state index >= 15 is 0 Å². The summed E-state index contributed by atoms with van der Waals surface area (Å²) in [5.41, 5.74) is 2.00. The van der Waals surface area contributed by atoms with Gasteiger partial charge in [0.15, 0.2) is 5.58 Å². The zero-order chi connectivity index (χ0) is 15.8. The van der Waals surface area contributed by atoms with Crippen LogP contribution in [0, 0.1) is 0 Å². The average Bonchev–Trinajstić information content (AvgIpc) is 3.00. The van der Waals surface area contributed by atoms with E-state index in [0.29, 0.717) is 23.2 Å². The molecule has 3 aromatic rings. The van der Waals surface area contributed by atoms with Crippen molar-refractivity contribution in [1.82, 2.24) is 4.98 Å². The number of anilines is 1. The Hall–Kier alpha value is -2.47. The van der Waals surface area contributed by atoms with E-state index < -0.39 is 0 Å². The maximum absolute atomic E-state index is 12.3. The van der Waals surface area contributed by atoms with Crippen molar-refractivity contribution < 1.29 is 9.21 Å². The number of benzene rings is 1. The zero-order valence-corrected chi connectivity index (χ0v) is 13.1. The van der Waals surface area contributed by atoms with E-state index in [2.05, 4.69) is 4.98 Å². The molecule has 0 N–H and O–H groups in total. The van der Waals surface area contributed by atoms with Gasteiger partial charge in [0.1, 0.15) is 4.70 Å². The Kier molecular flexibility index (Phi) is 3.46. The molecular formula is C17H14N2O3S. The van der Waals surface area contributed by atoms with E-state index in [9.17, 15) is 9.59 Å². The van der Waals surface area contributed by atoms with Crippen LogP contribution in [0.15, 0.2) is 44.9 Å². The lowest BCUT2D eigenvalue weighted by atomic mass is 10.1. The van der Waals surface area contributed by atoms with Crippen LogP contribution < -0.4 is 10.5 Å². The number of hydrogen-bond acceptors (Lipinski definition) is 5. The topological polar surface area (TPSA) is 63.4 Å². The highest BCUT2D eigenvalue weighted by atomic mass is 32.1. The van der Waals surface area contributed by atoms with Gasteiger partial charge in [0.05, 0.1) is 0 Å². The van der Waals surface area contributed by atoms with Crippen molar-refractivity contribution >= 4 is 33.5 Å². The molecule has 0 aliphatic carbocycles. The molecule has 6 heteroatoms. The summed E-state index contributed by atoms with van der Waals surface area (Å²) in [6.07, 6.45) is 2.23. The fourth-order valence-corrected chi connectivity index (χ4v) is 3.67. The fourth-order valence-electron chi connectivity index (χ4n) is 2.79. The number of fused-ring (bicyclic) bond motifs is 1. The van der Waals surface area contributed by atoms with Crippen molar-refractivity contribution in [2.24, 2.45) is 0 Å². The molecule has 4 rings (SSSR count). The van der Waals surface area contributed by atoms with Crippen LogP contribution in [-0.2, 0) is 4.79 Å². The molecule has 0 radical (unpaired) electrons. The number of amides is 1. The van der Waals surface area contributed by atoms with Gasteiger partial charge in [-0.05, 0) is 18.4 Å². The standard InChI is InChI=1S/C17H14N2O3S/c20-13-8-4-5-9-19(13)17-18-16(21)15-14(22-17)12(10-23-15)11-6-2-1-3-7-11/h1-3,6-7,10H,4-5,8-9H2. The van der Waals surface area contributed by atoms with Gasteiger partial charge in [-0.25, -0.2) is 0 Å². The molecule has 1 aromatic carbocycles. The molecule has 1 fully saturated rings. The van der Waals surface area contributed by atoms with Crippen molar-refractivity contribution in [3.63, 3.8) is 0 Å². The molecule has 0 unspecified atom stereocenters. The van der Waals surface area contributed by atoms with Gasteiger partial charge in [0.2, 0.25) is 5.91 Å². The predicted molar refractivity (Wildman–Crippen MR) is 89.8 cm³/mol. The van der Waals surface area contributed by atoms with Crippen LogP contribution in [0.5, 0.6) is 0 Å². The van der Waals surface area contributed by atoms with Crippen molar-refractivity contribution in [2.75, 3.05) is 11.4 Å². The first-order valence-corrected chi connectivity index (χ1v) is 8.40. The monoisotopic (exact) mass is 326 g/mol. The highest BCUT2D eigenvalue weighted by Crippen LogP contribution is 2.34. The van der Waals surface area contributed by atoms with E-state index in [0.717, 1.165) is 24.0 Å². The molecule has 1 saturated heterocycles. The van der Waals surface area contributed by atoms with Crippen molar-refractivity contribution in [2.45, 2.75) is 19.3 Å². The molecule has 5 nitrogen and oxygen atoms in total. The molecule has 3 heterocycles. The first-order valence-electron chi connectivity index (χ1n) is 7.52. The van der Waals surface area contributed by atoms with Gasteiger partial charge in [0, 0.05) is 23.9 Å². The number of rotatable bonds is 2. The van der Waals surface area contributed by atoms with Crippen molar-refractivity contribution in [3.8, 4) is 11.1 Å². The molecule has 0 atom stereocenters. The number of hydrogen-bond donors (Lipinski definition) is 0. The number of carbonyl (C=O) groups excluding carboxylic acids is 1. The van der Waals surface area contributed by atoms with Gasteiger partial charge < -0.3 is 4.42 Å². The number of nitrogens with zero attached hydrogens (tertiary/aromatic N) is 2. The normalized spacial score (nSPS) is 15.3. The summed E-state index contributed by atoms with van der Waals surface area (Å²) < 4.78 is 6.37. The highest BCUT2D eigenvalue weighted by Gasteiger charge is 2.25. The zero-order valence-electron chi connectivity index (χ0n) is 12.3. The summed E-state index contributed by atoms with van der Waals surface area (Å²) in [5.74, 6) is -0.0391. The van der Waals surface area contributed by atoms with Crippen LogP contribution >= 0.6 is 11.3 Å². The average molecular weight is 326 g/mol. The third-order valence-corrected chi connectivity index (χ3v) is 4.92. The summed E-state index contributed by atoms with van der Waals surface area (Å²) >= 11 is 1.32. The number of thiophene rings is 1. The molecule has 2 aromatic heterocycles. The van der Waals surface area contributed by atoms with E-state index in [-0.39, 0.29) is 17.5 Å². The van der Waals surface area contributed by atoms with Crippen LogP contribution in [-0.4, -0.2) is 17.4 Å². The molecule has 116 valence electrons. The van der Waals surface area contributed by atoms with E-state index in [1.54, 1.807) is 0 Å². The minimum atomic E-state index is -0.341. The Morgan fingerprint density at radius 1 is 1.13 bits per heavy atom. The molecule has 1 aliphatic rings. The largest absolute Gasteiger partial charge is 0.423 e. The second-order valence-corrected chi connectivity index (χ2v) is 6.36. The molecule has 23 heavy (non-hydrogen) atoms. The Labute approximate surface area is 136 Å². The van der Waals surface area contributed by atoms with Gasteiger partial charge in [-0.1, -0.05) is 30.3 Å². The van der Waals surface area contributed by atoms with E-state index in [1.165, 1.54) is 16.2 Å². The van der Waals surface area contributed by atoms with E-state index in [4.69, 9.17) is 4.42 Å². The summed E-state index contributed by atoms with van der Waals surface area (Å²) in [6.45, 7) is 0.547. The minimum Gasteiger partial charge on any atom is -0.423 e. The number of carbonyl (C=O) groups is 1. The molecule has 0 saturated carbocycles. The quantitative estimate of drug-likeness (QED) is 0.724. The Bertz CT molecular complexity index is 930. The number of aromatic nitrogens is 1. The first-order chi connectivity index (χ1) is 11.2. The molecule has 0 spiro atoms. The Morgan fingerprint density at radius 2 is 1.96 bits per heavy atom. The SMILES string of the molecule is O=C1CCCCN1c1nc(=O)c2scc(-c3ccccc3)c2o1. The van der Waals surface area contributed by atoms with Crippen LogP contribution in [0.1, 0.15) is 19.3 Å². The first kappa shape index (κ1) is 14.1. The van der Waals surface area contributed by atoms with Crippen molar-refractivity contribution in [1.29, 1.82) is 0 Å². The lowest BCUT2D eigenvalue weighted by Crippen LogP contribution is -2.36. The van der Waals surface area contributed by atoms with E-state index in [1.807, 2.05) is 35.7 Å². The Morgan fingerprint density at radius 3 is 2.74 bits per heavy atom. The van der Waals surface area contributed by atoms with Crippen LogP contribution in [0.2, 0.25) is 0 Å². The van der Waals surface area contributed by atoms with Gasteiger partial charge in [-0.2, -0.15) is 4.98 Å². The van der Waals surface area contributed by atoms with Crippen molar-refractivity contribution in [3.05, 3.63) is 46.1 Å². The van der Waals surface area contributed by atoms with Gasteiger partial charge in [0.25, 0.3) is 5.56 Å². The lowest BCUT2D eigenvalue weighted by molar-refractivity contribution is -0.119. The summed E-state index contributed by atoms with van der Waals surface area (Å²) in [4.78, 5) is 29.8. The molecule has 1 aliphatic heterocycles. The summed E-state index contributed by atoms with van der Waals surface area (Å²) in [5, 5.41) is 1.90. The van der Waals surface area contributed by atoms with Crippen LogP contribution in [0.25, 0.3) is 21.4 Å². The fraction of sp³-hybridized carbons (Fsp3) is 0.235. The molecule has 0 bridgehead atoms. The molecule has 1 amide bonds. The predicted octanol–water partition coefficient (Wildman–Crippen LogP) is 3.43.